The second-order valence-electron chi connectivity index (χ2n) is 3.67. The molecule has 2 heteroatoms. The first-order valence-electron chi connectivity index (χ1n) is 4.71. The van der Waals surface area contributed by atoms with E-state index in [0.717, 1.165) is 9.50 Å². The first kappa shape index (κ1) is 9.86. The first-order chi connectivity index (χ1) is 6.68. The molecule has 2 aromatic rings. The van der Waals surface area contributed by atoms with Gasteiger partial charge in [-0.25, -0.2) is 0 Å². The van der Waals surface area contributed by atoms with Crippen molar-refractivity contribution in [1.82, 2.24) is 0 Å². The molecule has 0 spiro atoms. The van der Waals surface area contributed by atoms with E-state index in [0.29, 0.717) is 5.92 Å². The summed E-state index contributed by atoms with van der Waals surface area (Å²) in [5.41, 5.74) is 0. The van der Waals surface area contributed by atoms with Gasteiger partial charge in [-0.2, -0.15) is 0 Å². The van der Waals surface area contributed by atoms with Crippen LogP contribution in [0.3, 0.4) is 0 Å². The Morgan fingerprint density at radius 3 is 2.64 bits per heavy atom. The van der Waals surface area contributed by atoms with Gasteiger partial charge >= 0.3 is 94.1 Å². The molecular formula is C12H12OW. The van der Waals surface area contributed by atoms with E-state index in [1.165, 1.54) is 30.1 Å². The van der Waals surface area contributed by atoms with Gasteiger partial charge in [-0.15, -0.1) is 0 Å². The molecule has 0 fully saturated rings. The molecule has 0 bridgehead atoms. The molecule has 0 aliphatic rings. The van der Waals surface area contributed by atoms with Gasteiger partial charge in [-0.3, -0.25) is 0 Å². The van der Waals surface area contributed by atoms with E-state index in [9.17, 15) is 0 Å². The van der Waals surface area contributed by atoms with E-state index in [4.69, 9.17) is 4.42 Å². The van der Waals surface area contributed by atoms with Gasteiger partial charge in [-0.05, 0) is 0 Å². The molecule has 2 rings (SSSR count). The van der Waals surface area contributed by atoms with Crippen molar-refractivity contribution >= 4 is 10.8 Å². The Morgan fingerprint density at radius 2 is 1.93 bits per heavy atom. The van der Waals surface area contributed by atoms with Crippen LogP contribution in [0.25, 0.3) is 10.8 Å². The van der Waals surface area contributed by atoms with E-state index >= 15 is 0 Å². The molecule has 0 atom stereocenters. The van der Waals surface area contributed by atoms with Gasteiger partial charge in [0, 0.05) is 0 Å². The maximum atomic E-state index is 5.79. The zero-order chi connectivity index (χ0) is 10.1. The molecule has 0 aliphatic heterocycles. The Balaban J connectivity index is 2.87. The normalized spacial score (nSPS) is 11.1. The van der Waals surface area contributed by atoms with E-state index in [-0.39, 0.29) is 0 Å². The monoisotopic (exact) mass is 356 g/mol. The van der Waals surface area contributed by atoms with Gasteiger partial charge < -0.3 is 0 Å². The van der Waals surface area contributed by atoms with E-state index in [1.54, 1.807) is 0 Å². The molecule has 72 valence electrons. The van der Waals surface area contributed by atoms with Crippen LogP contribution in [0.1, 0.15) is 25.5 Å². The molecule has 1 aromatic carbocycles. The van der Waals surface area contributed by atoms with Gasteiger partial charge in [0.2, 0.25) is 0 Å². The summed E-state index contributed by atoms with van der Waals surface area (Å²) in [6, 6.07) is 10.5. The third-order valence-electron chi connectivity index (χ3n) is 2.23. The standard InChI is InChI=1S/C12H12O.W/c1-9(2)12-11-6-4-3-5-10(11)7-8-13-12;/h3-7,9H,1-2H3;. The summed E-state index contributed by atoms with van der Waals surface area (Å²) in [7, 11) is 0. The van der Waals surface area contributed by atoms with Gasteiger partial charge in [0.1, 0.15) is 0 Å². The van der Waals surface area contributed by atoms with Crippen molar-refractivity contribution < 1.29 is 23.8 Å². The summed E-state index contributed by atoms with van der Waals surface area (Å²) in [5, 5.41) is 2.53. The van der Waals surface area contributed by atoms with E-state index in [2.05, 4.69) is 44.2 Å². The van der Waals surface area contributed by atoms with Gasteiger partial charge in [-0.1, -0.05) is 0 Å². The zero-order valence-corrected chi connectivity index (χ0v) is 11.2. The van der Waals surface area contributed by atoms with Crippen molar-refractivity contribution in [2.24, 2.45) is 0 Å². The zero-order valence-electron chi connectivity index (χ0n) is 8.28. The SMILES string of the molecule is CC(C)c1o[c](=[W])cc2ccccc12. The number of benzene rings is 1. The number of rotatable bonds is 1. The molecule has 0 unspecified atom stereocenters. The van der Waals surface area contributed by atoms with Crippen LogP contribution in [0.15, 0.2) is 34.7 Å². The van der Waals surface area contributed by atoms with Crippen molar-refractivity contribution in [3.63, 3.8) is 0 Å². The predicted octanol–water partition coefficient (Wildman–Crippen LogP) is 3.63. The Labute approximate surface area is 94.2 Å². The van der Waals surface area contributed by atoms with Crippen LogP contribution in [0.5, 0.6) is 0 Å². The van der Waals surface area contributed by atoms with Crippen LogP contribution in [0.4, 0.5) is 0 Å². The quantitative estimate of drug-likeness (QED) is 0.761. The average molecular weight is 356 g/mol. The van der Waals surface area contributed by atoms with Crippen molar-refractivity contribution in [3.05, 3.63) is 39.8 Å². The first-order valence-corrected chi connectivity index (χ1v) is 6.18. The summed E-state index contributed by atoms with van der Waals surface area (Å²) < 4.78 is 6.85. The van der Waals surface area contributed by atoms with E-state index in [1.807, 2.05) is 0 Å². The summed E-state index contributed by atoms with van der Waals surface area (Å²) in [5.74, 6) is 1.55. The Hall–Kier alpha value is -0.682. The average Bonchev–Trinajstić information content (AvgIpc) is 2.16. The van der Waals surface area contributed by atoms with Crippen LogP contribution < -0.4 is 0 Å². The van der Waals surface area contributed by atoms with Crippen molar-refractivity contribution in [1.29, 1.82) is 0 Å². The van der Waals surface area contributed by atoms with Gasteiger partial charge in [0.25, 0.3) is 0 Å². The topological polar surface area (TPSA) is 13.1 Å². The fourth-order valence-electron chi connectivity index (χ4n) is 1.60. The maximum absolute atomic E-state index is 5.79. The van der Waals surface area contributed by atoms with Crippen LogP contribution in [-0.4, -0.2) is 0 Å². The third kappa shape index (κ3) is 1.74. The van der Waals surface area contributed by atoms with Crippen molar-refractivity contribution in [2.45, 2.75) is 19.8 Å². The molecule has 1 heterocycles. The minimum atomic E-state index is 0.444. The molecule has 1 aromatic heterocycles. The summed E-state index contributed by atoms with van der Waals surface area (Å²) in [6.07, 6.45) is 0. The minimum absolute atomic E-state index is 0.444. The number of fused-ring (bicyclic) bond motifs is 1. The predicted molar refractivity (Wildman–Crippen MR) is 53.5 cm³/mol. The number of hydrogen-bond donors (Lipinski definition) is 0. The van der Waals surface area contributed by atoms with Gasteiger partial charge in [0.05, 0.1) is 0 Å². The second kappa shape index (κ2) is 3.82. The van der Waals surface area contributed by atoms with E-state index < -0.39 is 0 Å². The summed E-state index contributed by atoms with van der Waals surface area (Å²) in [4.78, 5) is 0. The molecule has 0 aliphatic carbocycles. The molecular weight excluding hydrogens is 344 g/mol. The summed E-state index contributed by atoms with van der Waals surface area (Å²) in [6.45, 7) is 4.33. The molecule has 0 N–H and O–H groups in total. The Bertz CT molecular complexity index is 511. The molecule has 14 heavy (non-hydrogen) atoms. The van der Waals surface area contributed by atoms with Crippen LogP contribution in [0.2, 0.25) is 0 Å². The van der Waals surface area contributed by atoms with Gasteiger partial charge in [0.15, 0.2) is 0 Å². The molecule has 0 saturated heterocycles. The fourth-order valence-corrected chi connectivity index (χ4v) is 2.37. The van der Waals surface area contributed by atoms with Crippen LogP contribution in [-0.2, 0) is 19.4 Å². The molecule has 0 radical (unpaired) electrons. The van der Waals surface area contributed by atoms with Crippen molar-refractivity contribution in [3.8, 4) is 0 Å². The second-order valence-corrected chi connectivity index (χ2v) is 5.12. The molecule has 0 amide bonds. The molecule has 0 saturated carbocycles. The fraction of sp³-hybridized carbons (Fsp3) is 0.250. The Kier molecular flexibility index (Phi) is 2.69. The summed E-state index contributed by atoms with van der Waals surface area (Å²) >= 11 is 1.38. The third-order valence-corrected chi connectivity index (χ3v) is 2.96. The molecule has 1 nitrogen and oxygen atoms in total. The van der Waals surface area contributed by atoms with Crippen molar-refractivity contribution in [2.75, 3.05) is 0 Å². The van der Waals surface area contributed by atoms with Crippen LogP contribution >= 0.6 is 0 Å². The van der Waals surface area contributed by atoms with Crippen LogP contribution in [0, 0.1) is 3.74 Å². The Morgan fingerprint density at radius 1 is 1.21 bits per heavy atom. The number of hydrogen-bond acceptors (Lipinski definition) is 1.